The lowest BCUT2D eigenvalue weighted by atomic mass is 9.98. The van der Waals surface area contributed by atoms with Crippen LogP contribution in [-0.4, -0.2) is 57.7 Å². The van der Waals surface area contributed by atoms with Crippen LogP contribution in [0.5, 0.6) is 0 Å². The first-order valence-corrected chi connectivity index (χ1v) is 3.64. The highest BCUT2D eigenvalue weighted by Crippen LogP contribution is 2.17. The monoisotopic (exact) mass is 179 g/mol. The first kappa shape index (κ1) is 9.85. The van der Waals surface area contributed by atoms with Crippen molar-refractivity contribution < 1.29 is 25.2 Å². The van der Waals surface area contributed by atoms with Crippen molar-refractivity contribution >= 4 is 0 Å². The Hall–Kier alpha value is -0.240. The fourth-order valence-corrected chi connectivity index (χ4v) is 1.12. The van der Waals surface area contributed by atoms with Crippen LogP contribution in [0.2, 0.25) is 0 Å². The Bertz CT molecular complexity index is 150. The van der Waals surface area contributed by atoms with Crippen LogP contribution in [-0.2, 0) is 4.74 Å². The van der Waals surface area contributed by atoms with Crippen LogP contribution in [0.1, 0.15) is 0 Å². The lowest BCUT2D eigenvalue weighted by Crippen LogP contribution is -2.61. The van der Waals surface area contributed by atoms with E-state index in [1.807, 2.05) is 0 Å². The predicted molar refractivity (Wildman–Crippen MR) is 38.0 cm³/mol. The van der Waals surface area contributed by atoms with Gasteiger partial charge in [-0.05, 0) is 0 Å². The van der Waals surface area contributed by atoms with Crippen molar-refractivity contribution in [3.63, 3.8) is 0 Å². The van der Waals surface area contributed by atoms with Gasteiger partial charge in [0.15, 0.2) is 6.29 Å². The minimum absolute atomic E-state index is 0.470. The molecule has 6 nitrogen and oxygen atoms in total. The van der Waals surface area contributed by atoms with Crippen molar-refractivity contribution in [2.45, 2.75) is 30.6 Å². The normalized spacial score (nSPS) is 49.2. The van der Waals surface area contributed by atoms with Crippen molar-refractivity contribution in [1.29, 1.82) is 0 Å². The number of aliphatic hydroxyl groups is 4. The minimum atomic E-state index is -1.35. The zero-order valence-corrected chi connectivity index (χ0v) is 6.37. The fraction of sp³-hybridized carbons (Fsp3) is 1.00. The summed E-state index contributed by atoms with van der Waals surface area (Å²) < 4.78 is 4.70. The maximum absolute atomic E-state index is 9.20. The second-order valence-electron chi connectivity index (χ2n) is 2.81. The third kappa shape index (κ3) is 1.58. The van der Waals surface area contributed by atoms with Crippen molar-refractivity contribution in [2.24, 2.45) is 5.73 Å². The van der Waals surface area contributed by atoms with Gasteiger partial charge in [0.25, 0.3) is 0 Å². The van der Waals surface area contributed by atoms with Crippen molar-refractivity contribution in [3.8, 4) is 0 Å². The van der Waals surface area contributed by atoms with E-state index in [0.717, 1.165) is 0 Å². The van der Waals surface area contributed by atoms with E-state index in [-0.39, 0.29) is 0 Å². The molecular formula is C6H13NO5. The molecule has 72 valence electrons. The molecule has 0 bridgehead atoms. The van der Waals surface area contributed by atoms with Crippen molar-refractivity contribution in [3.05, 3.63) is 0 Å². The van der Waals surface area contributed by atoms with E-state index in [2.05, 4.69) is 0 Å². The molecule has 1 fully saturated rings. The molecule has 0 aromatic heterocycles. The molecular weight excluding hydrogens is 166 g/mol. The van der Waals surface area contributed by atoms with Gasteiger partial charge in [0.1, 0.15) is 18.3 Å². The third-order valence-electron chi connectivity index (χ3n) is 1.95. The van der Waals surface area contributed by atoms with E-state index in [0.29, 0.717) is 0 Å². The molecule has 1 aliphatic rings. The molecule has 0 amide bonds. The van der Waals surface area contributed by atoms with Gasteiger partial charge in [-0.3, -0.25) is 0 Å². The van der Waals surface area contributed by atoms with E-state index in [4.69, 9.17) is 20.7 Å². The van der Waals surface area contributed by atoms with Crippen LogP contribution in [0.25, 0.3) is 0 Å². The standard InChI is InChI=1S/C6H13NO5/c7-3-5(10)4(9)2(1-8)12-6(3)11/h2-6,8-11H,1,7H2/t2?,3?,4?,5-,6?/m0/s1. The molecule has 6 N–H and O–H groups in total. The molecule has 4 unspecified atom stereocenters. The molecule has 0 radical (unpaired) electrons. The van der Waals surface area contributed by atoms with Crippen LogP contribution in [0.15, 0.2) is 0 Å². The molecule has 0 aliphatic carbocycles. The van der Waals surface area contributed by atoms with Gasteiger partial charge in [-0.1, -0.05) is 0 Å². The maximum atomic E-state index is 9.20. The van der Waals surface area contributed by atoms with Gasteiger partial charge in [-0.2, -0.15) is 0 Å². The smallest absolute Gasteiger partial charge is 0.173 e. The number of nitrogens with two attached hydrogens (primary N) is 1. The highest BCUT2D eigenvalue weighted by Gasteiger charge is 2.41. The SMILES string of the molecule is NC1C(O)OC(CO)C(O)[C@H]1O. The van der Waals surface area contributed by atoms with Crippen LogP contribution in [0.3, 0.4) is 0 Å². The molecule has 12 heavy (non-hydrogen) atoms. The van der Waals surface area contributed by atoms with Gasteiger partial charge in [-0.15, -0.1) is 0 Å². The first-order chi connectivity index (χ1) is 5.57. The second-order valence-corrected chi connectivity index (χ2v) is 2.81. The number of ether oxygens (including phenoxy) is 1. The van der Waals surface area contributed by atoms with Gasteiger partial charge < -0.3 is 30.9 Å². The van der Waals surface area contributed by atoms with Crippen molar-refractivity contribution in [1.82, 2.24) is 0 Å². The summed E-state index contributed by atoms with van der Waals surface area (Å²) in [6.07, 6.45) is -4.85. The summed E-state index contributed by atoms with van der Waals surface area (Å²) in [5, 5.41) is 36.1. The Balaban J connectivity index is 2.63. The molecule has 0 aromatic carbocycles. The van der Waals surface area contributed by atoms with Crippen LogP contribution in [0, 0.1) is 0 Å². The summed E-state index contributed by atoms with van der Waals surface area (Å²) in [7, 11) is 0. The number of rotatable bonds is 1. The van der Waals surface area contributed by atoms with Gasteiger partial charge in [-0.25, -0.2) is 0 Å². The lowest BCUT2D eigenvalue weighted by Gasteiger charge is -2.38. The summed E-state index contributed by atoms with van der Waals surface area (Å²) in [6.45, 7) is -0.470. The zero-order chi connectivity index (χ0) is 9.30. The Morgan fingerprint density at radius 2 is 1.75 bits per heavy atom. The molecule has 1 aliphatic heterocycles. The Labute approximate surface area is 69.2 Å². The summed E-state index contributed by atoms with van der Waals surface area (Å²) in [5.74, 6) is 0. The summed E-state index contributed by atoms with van der Waals surface area (Å²) >= 11 is 0. The van der Waals surface area contributed by atoms with Gasteiger partial charge in [0.2, 0.25) is 0 Å². The van der Waals surface area contributed by atoms with E-state index in [1.165, 1.54) is 0 Å². The van der Waals surface area contributed by atoms with Gasteiger partial charge >= 0.3 is 0 Å². The lowest BCUT2D eigenvalue weighted by molar-refractivity contribution is -0.248. The van der Waals surface area contributed by atoms with E-state index < -0.39 is 37.3 Å². The van der Waals surface area contributed by atoms with E-state index >= 15 is 0 Å². The van der Waals surface area contributed by atoms with E-state index in [9.17, 15) is 10.2 Å². The first-order valence-electron chi connectivity index (χ1n) is 3.64. The average Bonchev–Trinajstić information content (AvgIpc) is 2.08. The molecule has 6 heteroatoms. The highest BCUT2D eigenvalue weighted by molar-refractivity contribution is 4.90. The number of aliphatic hydroxyl groups excluding tert-OH is 4. The zero-order valence-electron chi connectivity index (χ0n) is 6.37. The molecule has 0 saturated carbocycles. The largest absolute Gasteiger partial charge is 0.394 e. The minimum Gasteiger partial charge on any atom is -0.394 e. The molecule has 0 aromatic rings. The fourth-order valence-electron chi connectivity index (χ4n) is 1.12. The highest BCUT2D eigenvalue weighted by atomic mass is 16.6. The van der Waals surface area contributed by atoms with E-state index in [1.54, 1.807) is 0 Å². The molecule has 0 spiro atoms. The molecule has 5 atom stereocenters. The topological polar surface area (TPSA) is 116 Å². The molecule has 1 saturated heterocycles. The van der Waals surface area contributed by atoms with Crippen LogP contribution in [0.4, 0.5) is 0 Å². The number of hydrogen-bond acceptors (Lipinski definition) is 6. The Kier molecular flexibility index (Phi) is 2.99. The quantitative estimate of drug-likeness (QED) is 0.288. The third-order valence-corrected chi connectivity index (χ3v) is 1.95. The molecule has 1 rings (SSSR count). The molecule has 1 heterocycles. The Morgan fingerprint density at radius 3 is 2.25 bits per heavy atom. The summed E-state index contributed by atoms with van der Waals surface area (Å²) in [4.78, 5) is 0. The predicted octanol–water partition coefficient (Wildman–Crippen LogP) is -3.25. The van der Waals surface area contributed by atoms with Gasteiger partial charge in [0.05, 0.1) is 12.6 Å². The second kappa shape index (κ2) is 3.65. The Morgan fingerprint density at radius 1 is 1.17 bits per heavy atom. The number of hydrogen-bond donors (Lipinski definition) is 5. The summed E-state index contributed by atoms with van der Waals surface area (Å²) in [5.41, 5.74) is 5.26. The van der Waals surface area contributed by atoms with Gasteiger partial charge in [0, 0.05) is 0 Å². The van der Waals surface area contributed by atoms with Crippen molar-refractivity contribution in [2.75, 3.05) is 6.61 Å². The average molecular weight is 179 g/mol. The summed E-state index contributed by atoms with van der Waals surface area (Å²) in [6, 6.07) is -1.04. The van der Waals surface area contributed by atoms with Crippen LogP contribution >= 0.6 is 0 Å². The van der Waals surface area contributed by atoms with Crippen LogP contribution < -0.4 is 5.73 Å². The maximum Gasteiger partial charge on any atom is 0.173 e.